The molecule has 1 aliphatic rings. The molecule has 1 atom stereocenters. The van der Waals surface area contributed by atoms with Crippen molar-refractivity contribution >= 4 is 17.2 Å². The number of likely N-dealkylation sites (N-methyl/N-ethyl adjacent to an activating group) is 1. The summed E-state index contributed by atoms with van der Waals surface area (Å²) >= 11 is 1.48. The highest BCUT2D eigenvalue weighted by Gasteiger charge is 2.19. The third-order valence-electron chi connectivity index (χ3n) is 2.89. The average molecular weight is 239 g/mol. The highest BCUT2D eigenvalue weighted by Crippen LogP contribution is 2.08. The van der Waals surface area contributed by atoms with Gasteiger partial charge >= 0.3 is 0 Å². The quantitative estimate of drug-likeness (QED) is 0.801. The molecule has 16 heavy (non-hydrogen) atoms. The molecule has 2 heterocycles. The van der Waals surface area contributed by atoms with E-state index in [1.165, 1.54) is 11.3 Å². The Balaban J connectivity index is 1.80. The van der Waals surface area contributed by atoms with Gasteiger partial charge in [0, 0.05) is 32.2 Å². The van der Waals surface area contributed by atoms with Gasteiger partial charge in [0.2, 0.25) is 0 Å². The van der Waals surface area contributed by atoms with Crippen molar-refractivity contribution in [1.29, 1.82) is 0 Å². The van der Waals surface area contributed by atoms with E-state index in [9.17, 15) is 4.79 Å². The van der Waals surface area contributed by atoms with Gasteiger partial charge in [-0.3, -0.25) is 9.69 Å². The largest absolute Gasteiger partial charge is 0.350 e. The molecule has 2 rings (SSSR count). The fraction of sp³-hybridized carbons (Fsp3) is 0.545. The van der Waals surface area contributed by atoms with E-state index in [1.807, 2.05) is 17.5 Å². The predicted molar refractivity (Wildman–Crippen MR) is 65.9 cm³/mol. The summed E-state index contributed by atoms with van der Waals surface area (Å²) in [4.78, 5) is 14.8. The normalized spacial score (nSPS) is 21.9. The van der Waals surface area contributed by atoms with Gasteiger partial charge in [-0.25, -0.2) is 0 Å². The molecule has 1 aliphatic heterocycles. The summed E-state index contributed by atoms with van der Waals surface area (Å²) in [5.74, 6) is 0.0361. The number of piperazine rings is 1. The third-order valence-corrected chi connectivity index (χ3v) is 3.76. The summed E-state index contributed by atoms with van der Waals surface area (Å²) in [5, 5.41) is 8.23. The van der Waals surface area contributed by atoms with Crippen LogP contribution in [0.5, 0.6) is 0 Å². The molecule has 1 aromatic rings. The maximum Gasteiger partial charge on any atom is 0.261 e. The van der Waals surface area contributed by atoms with E-state index in [0.29, 0.717) is 12.6 Å². The van der Waals surface area contributed by atoms with E-state index in [0.717, 1.165) is 24.5 Å². The summed E-state index contributed by atoms with van der Waals surface area (Å²) in [6.45, 7) is 3.73. The Bertz CT molecular complexity index is 339. The van der Waals surface area contributed by atoms with Gasteiger partial charge < -0.3 is 10.6 Å². The topological polar surface area (TPSA) is 44.4 Å². The van der Waals surface area contributed by atoms with Crippen LogP contribution in [0.3, 0.4) is 0 Å². The molecule has 0 spiro atoms. The van der Waals surface area contributed by atoms with Crippen molar-refractivity contribution in [3.63, 3.8) is 0 Å². The zero-order chi connectivity index (χ0) is 11.4. The number of carbonyl (C=O) groups is 1. The molecule has 0 aliphatic carbocycles. The van der Waals surface area contributed by atoms with Crippen molar-refractivity contribution in [3.05, 3.63) is 22.4 Å². The minimum Gasteiger partial charge on any atom is -0.350 e. The number of nitrogens with zero attached hydrogens (tertiary/aromatic N) is 1. The monoisotopic (exact) mass is 239 g/mol. The van der Waals surface area contributed by atoms with Gasteiger partial charge in [0.15, 0.2) is 0 Å². The molecule has 88 valence electrons. The van der Waals surface area contributed by atoms with Gasteiger partial charge in [-0.15, -0.1) is 11.3 Å². The fourth-order valence-electron chi connectivity index (χ4n) is 1.80. The van der Waals surface area contributed by atoms with Crippen LogP contribution in [-0.4, -0.2) is 50.1 Å². The third kappa shape index (κ3) is 2.81. The van der Waals surface area contributed by atoms with Crippen LogP contribution in [0.4, 0.5) is 0 Å². The van der Waals surface area contributed by atoms with Crippen molar-refractivity contribution in [2.45, 2.75) is 6.04 Å². The summed E-state index contributed by atoms with van der Waals surface area (Å²) in [5.41, 5.74) is 0. The molecule has 0 radical (unpaired) electrons. The zero-order valence-corrected chi connectivity index (χ0v) is 10.2. The molecule has 1 amide bonds. The van der Waals surface area contributed by atoms with Crippen molar-refractivity contribution in [3.8, 4) is 0 Å². The van der Waals surface area contributed by atoms with Crippen LogP contribution in [0.1, 0.15) is 9.67 Å². The van der Waals surface area contributed by atoms with Crippen LogP contribution in [0, 0.1) is 0 Å². The Hall–Kier alpha value is -0.910. The first-order chi connectivity index (χ1) is 7.77. The molecule has 5 heteroatoms. The maximum atomic E-state index is 11.7. The molecule has 1 aromatic heterocycles. The molecule has 0 aromatic carbocycles. The number of rotatable bonds is 3. The van der Waals surface area contributed by atoms with Crippen LogP contribution in [-0.2, 0) is 0 Å². The van der Waals surface area contributed by atoms with Gasteiger partial charge in [0.05, 0.1) is 4.88 Å². The molecule has 2 N–H and O–H groups in total. The first kappa shape index (κ1) is 11.6. The SMILES string of the molecule is CN1CCNCC1CNC(=O)c1cccs1. The molecule has 1 unspecified atom stereocenters. The molecular formula is C11H17N3OS. The summed E-state index contributed by atoms with van der Waals surface area (Å²) < 4.78 is 0. The lowest BCUT2D eigenvalue weighted by Gasteiger charge is -2.33. The molecule has 1 fully saturated rings. The molecule has 1 saturated heterocycles. The second-order valence-electron chi connectivity index (χ2n) is 4.03. The van der Waals surface area contributed by atoms with Crippen molar-refractivity contribution < 1.29 is 4.79 Å². The van der Waals surface area contributed by atoms with E-state index >= 15 is 0 Å². The molecule has 0 bridgehead atoms. The first-order valence-electron chi connectivity index (χ1n) is 5.50. The van der Waals surface area contributed by atoms with Gasteiger partial charge in [-0.2, -0.15) is 0 Å². The molecule has 0 saturated carbocycles. The minimum atomic E-state index is 0.0361. The van der Waals surface area contributed by atoms with Gasteiger partial charge in [-0.05, 0) is 18.5 Å². The highest BCUT2D eigenvalue weighted by atomic mass is 32.1. The average Bonchev–Trinajstić information content (AvgIpc) is 2.81. The van der Waals surface area contributed by atoms with E-state index in [4.69, 9.17) is 0 Å². The Kier molecular flexibility index (Phi) is 3.93. The number of thiophene rings is 1. The van der Waals surface area contributed by atoms with E-state index in [2.05, 4.69) is 22.6 Å². The second kappa shape index (κ2) is 5.43. The smallest absolute Gasteiger partial charge is 0.261 e. The number of hydrogen-bond acceptors (Lipinski definition) is 4. The van der Waals surface area contributed by atoms with E-state index in [1.54, 1.807) is 0 Å². The molecular weight excluding hydrogens is 222 g/mol. The summed E-state index contributed by atoms with van der Waals surface area (Å²) in [6, 6.07) is 4.15. The number of nitrogens with one attached hydrogen (secondary N) is 2. The van der Waals surface area contributed by atoms with Crippen LogP contribution < -0.4 is 10.6 Å². The first-order valence-corrected chi connectivity index (χ1v) is 6.38. The van der Waals surface area contributed by atoms with E-state index in [-0.39, 0.29) is 5.91 Å². The van der Waals surface area contributed by atoms with Crippen LogP contribution in [0.25, 0.3) is 0 Å². The van der Waals surface area contributed by atoms with Crippen LogP contribution in [0.15, 0.2) is 17.5 Å². The predicted octanol–water partition coefficient (Wildman–Crippen LogP) is 0.381. The minimum absolute atomic E-state index is 0.0361. The van der Waals surface area contributed by atoms with Gasteiger partial charge in [0.1, 0.15) is 0 Å². The van der Waals surface area contributed by atoms with Crippen LogP contribution in [0.2, 0.25) is 0 Å². The van der Waals surface area contributed by atoms with Crippen LogP contribution >= 0.6 is 11.3 Å². The number of hydrogen-bond donors (Lipinski definition) is 2. The lowest BCUT2D eigenvalue weighted by atomic mass is 10.2. The van der Waals surface area contributed by atoms with Crippen molar-refractivity contribution in [2.75, 3.05) is 33.2 Å². The number of carbonyl (C=O) groups excluding carboxylic acids is 1. The number of amides is 1. The Morgan fingerprint density at radius 2 is 2.62 bits per heavy atom. The lowest BCUT2D eigenvalue weighted by molar-refractivity contribution is 0.0937. The summed E-state index contributed by atoms with van der Waals surface area (Å²) in [6.07, 6.45) is 0. The Morgan fingerprint density at radius 3 is 3.31 bits per heavy atom. The second-order valence-corrected chi connectivity index (χ2v) is 4.97. The van der Waals surface area contributed by atoms with Crippen molar-refractivity contribution in [2.24, 2.45) is 0 Å². The summed E-state index contributed by atoms with van der Waals surface area (Å²) in [7, 11) is 2.10. The standard InChI is InChI=1S/C11H17N3OS/c1-14-5-4-12-7-9(14)8-13-11(15)10-3-2-6-16-10/h2-3,6,9,12H,4-5,7-8H2,1H3,(H,13,15). The van der Waals surface area contributed by atoms with Gasteiger partial charge in [0.25, 0.3) is 5.91 Å². The Morgan fingerprint density at radius 1 is 1.75 bits per heavy atom. The lowest BCUT2D eigenvalue weighted by Crippen LogP contribution is -2.53. The molecule has 4 nitrogen and oxygen atoms in total. The zero-order valence-electron chi connectivity index (χ0n) is 9.40. The van der Waals surface area contributed by atoms with Crippen molar-refractivity contribution in [1.82, 2.24) is 15.5 Å². The van der Waals surface area contributed by atoms with E-state index < -0.39 is 0 Å². The maximum absolute atomic E-state index is 11.7. The highest BCUT2D eigenvalue weighted by molar-refractivity contribution is 7.12. The Labute approximate surface area is 99.6 Å². The van der Waals surface area contributed by atoms with Gasteiger partial charge in [-0.1, -0.05) is 6.07 Å². The fourth-order valence-corrected chi connectivity index (χ4v) is 2.44.